The molecule has 1 N–H and O–H groups in total. The smallest absolute Gasteiger partial charge is 0.287 e. The van der Waals surface area contributed by atoms with E-state index in [9.17, 15) is 9.59 Å². The van der Waals surface area contributed by atoms with Crippen LogP contribution in [0.25, 0.3) is 5.69 Å². The number of amides is 2. The van der Waals surface area contributed by atoms with Gasteiger partial charge in [0.05, 0.1) is 57.3 Å². The van der Waals surface area contributed by atoms with Gasteiger partial charge in [-0.3, -0.25) is 14.2 Å². The topological polar surface area (TPSA) is 133 Å². The number of nitrogens with one attached hydrogen (secondary N) is 1. The lowest BCUT2D eigenvalue weighted by Crippen LogP contribution is -2.29. The van der Waals surface area contributed by atoms with Gasteiger partial charge in [0.1, 0.15) is 5.75 Å². The molecule has 13 heteroatoms. The molecule has 0 radical (unpaired) electrons. The van der Waals surface area contributed by atoms with Crippen molar-refractivity contribution in [2.75, 3.05) is 27.1 Å². The molecular weight excluding hydrogens is 644 g/mol. The van der Waals surface area contributed by atoms with E-state index in [-0.39, 0.29) is 29.9 Å². The van der Waals surface area contributed by atoms with Crippen LogP contribution in [0.15, 0.2) is 93.7 Å². The summed E-state index contributed by atoms with van der Waals surface area (Å²) in [6, 6.07) is 22.1. The third-order valence-electron chi connectivity index (χ3n) is 8.16. The van der Waals surface area contributed by atoms with E-state index in [0.29, 0.717) is 28.9 Å². The van der Waals surface area contributed by atoms with Gasteiger partial charge in [-0.1, -0.05) is 36.0 Å². The van der Waals surface area contributed by atoms with Gasteiger partial charge in [-0.05, 0) is 79.1 Å². The predicted octanol–water partition coefficient (Wildman–Crippen LogP) is 5.90. The first-order chi connectivity index (χ1) is 23.8. The summed E-state index contributed by atoms with van der Waals surface area (Å²) in [5, 5.41) is 18.6. The van der Waals surface area contributed by atoms with E-state index >= 15 is 0 Å². The van der Waals surface area contributed by atoms with E-state index in [1.165, 1.54) is 23.0 Å². The van der Waals surface area contributed by atoms with Crippen molar-refractivity contribution >= 4 is 29.3 Å². The number of benzene rings is 3. The fraction of sp³-hybridized carbons (Fsp3) is 0.250. The average Bonchev–Trinajstić information content (AvgIpc) is 3.91. The van der Waals surface area contributed by atoms with E-state index in [4.69, 9.17) is 23.7 Å². The summed E-state index contributed by atoms with van der Waals surface area (Å²) in [7, 11) is 4.78. The summed E-state index contributed by atoms with van der Waals surface area (Å²) in [5.41, 5.74) is 5.29. The Bertz CT molecular complexity index is 1990. The summed E-state index contributed by atoms with van der Waals surface area (Å²) < 4.78 is 23.8. The highest BCUT2D eigenvalue weighted by Gasteiger charge is 2.36. The van der Waals surface area contributed by atoms with E-state index in [2.05, 4.69) is 15.5 Å². The standard InChI is InChI=1S/C36H36N6O6S/c1-22-11-12-23(2)28(18-22)41-32(20-37-35(44)31-10-7-17-48-31)38-39-36(41)49-21-33(43)42-29(26-8-6-9-30(46-4)34(26)47-5)19-27(40-42)24-13-15-25(45-3)16-14-24/h6-18,29H,19-21H2,1-5H3,(H,37,44)/t29-/m1/s1. The second-order valence-electron chi connectivity index (χ2n) is 11.3. The van der Waals surface area contributed by atoms with Crippen molar-refractivity contribution in [3.8, 4) is 22.9 Å². The van der Waals surface area contributed by atoms with Crippen molar-refractivity contribution in [3.63, 3.8) is 0 Å². The highest BCUT2D eigenvalue weighted by Crippen LogP contribution is 2.42. The fourth-order valence-corrected chi connectivity index (χ4v) is 6.49. The molecule has 1 aliphatic rings. The molecule has 1 aliphatic heterocycles. The lowest BCUT2D eigenvalue weighted by Gasteiger charge is -2.24. The molecule has 2 amide bonds. The first kappa shape index (κ1) is 33.3. The molecule has 12 nitrogen and oxygen atoms in total. The summed E-state index contributed by atoms with van der Waals surface area (Å²) >= 11 is 1.25. The number of aromatic nitrogens is 3. The third kappa shape index (κ3) is 7.02. The molecule has 1 atom stereocenters. The number of rotatable bonds is 12. The Morgan fingerprint density at radius 3 is 2.49 bits per heavy atom. The maximum absolute atomic E-state index is 14.1. The molecule has 0 spiro atoms. The van der Waals surface area contributed by atoms with Crippen LogP contribution in [0.2, 0.25) is 0 Å². The van der Waals surface area contributed by atoms with Gasteiger partial charge in [-0.2, -0.15) is 5.10 Å². The molecule has 0 saturated carbocycles. The number of hydrazone groups is 1. The van der Waals surface area contributed by atoms with Crippen molar-refractivity contribution in [1.29, 1.82) is 0 Å². The number of aryl methyl sites for hydroxylation is 2. The maximum atomic E-state index is 14.1. The Labute approximate surface area is 288 Å². The quantitative estimate of drug-likeness (QED) is 0.160. The Morgan fingerprint density at radius 1 is 0.959 bits per heavy atom. The number of hydrogen-bond donors (Lipinski definition) is 1. The highest BCUT2D eigenvalue weighted by molar-refractivity contribution is 7.99. The lowest BCUT2D eigenvalue weighted by molar-refractivity contribution is -0.130. The van der Waals surface area contributed by atoms with Gasteiger partial charge in [0, 0.05) is 12.0 Å². The van der Waals surface area contributed by atoms with Crippen LogP contribution in [0.1, 0.15) is 51.1 Å². The maximum Gasteiger partial charge on any atom is 0.287 e. The second kappa shape index (κ2) is 14.7. The first-order valence-corrected chi connectivity index (χ1v) is 16.5. The van der Waals surface area contributed by atoms with Crippen LogP contribution in [0, 0.1) is 13.8 Å². The van der Waals surface area contributed by atoms with Gasteiger partial charge in [-0.25, -0.2) is 5.01 Å². The fourth-order valence-electron chi connectivity index (χ4n) is 5.67. The van der Waals surface area contributed by atoms with Gasteiger partial charge in [0.2, 0.25) is 0 Å². The lowest BCUT2D eigenvalue weighted by atomic mass is 9.97. The minimum atomic E-state index is -0.445. The number of carbonyl (C=O) groups excluding carboxylic acids is 2. The van der Waals surface area contributed by atoms with Crippen LogP contribution in [-0.2, 0) is 11.3 Å². The van der Waals surface area contributed by atoms with Crippen LogP contribution < -0.4 is 19.5 Å². The van der Waals surface area contributed by atoms with Crippen LogP contribution in [0.5, 0.6) is 17.2 Å². The Morgan fingerprint density at radius 2 is 1.78 bits per heavy atom. The number of nitrogens with zero attached hydrogens (tertiary/aromatic N) is 5. The van der Waals surface area contributed by atoms with Gasteiger partial charge in [0.15, 0.2) is 28.2 Å². The number of hydrogen-bond acceptors (Lipinski definition) is 10. The Hall–Kier alpha value is -5.56. The SMILES string of the molecule is COc1ccc(C2=NN(C(=O)CSc3nnc(CNC(=O)c4ccco4)n3-c3cc(C)ccc3C)[C@@H](c3cccc(OC)c3OC)C2)cc1. The predicted molar refractivity (Wildman–Crippen MR) is 185 cm³/mol. The third-order valence-corrected chi connectivity index (χ3v) is 9.08. The van der Waals surface area contributed by atoms with Crippen molar-refractivity contribution in [1.82, 2.24) is 25.1 Å². The van der Waals surface area contributed by atoms with Gasteiger partial charge >= 0.3 is 0 Å². The number of ether oxygens (including phenoxy) is 3. The van der Waals surface area contributed by atoms with Crippen molar-refractivity contribution in [2.45, 2.75) is 38.0 Å². The Kier molecular flexibility index (Phi) is 10.00. The van der Waals surface area contributed by atoms with Crippen LogP contribution in [0.4, 0.5) is 0 Å². The second-order valence-corrected chi connectivity index (χ2v) is 12.2. The summed E-state index contributed by atoms with van der Waals surface area (Å²) in [4.78, 5) is 26.8. The van der Waals surface area contributed by atoms with E-state index in [1.54, 1.807) is 33.5 Å². The molecule has 3 aromatic carbocycles. The van der Waals surface area contributed by atoms with Gasteiger partial charge in [-0.15, -0.1) is 10.2 Å². The molecule has 6 rings (SSSR count). The summed E-state index contributed by atoms with van der Waals surface area (Å²) in [6.45, 7) is 4.08. The zero-order valence-electron chi connectivity index (χ0n) is 27.8. The molecule has 0 aliphatic carbocycles. The molecule has 0 unspecified atom stereocenters. The van der Waals surface area contributed by atoms with Crippen LogP contribution >= 0.6 is 11.8 Å². The number of thioether (sulfide) groups is 1. The highest BCUT2D eigenvalue weighted by atomic mass is 32.2. The number of furan rings is 1. The van der Waals surface area contributed by atoms with E-state index in [0.717, 1.165) is 39.4 Å². The van der Waals surface area contributed by atoms with Crippen molar-refractivity contribution in [2.24, 2.45) is 5.10 Å². The average molecular weight is 681 g/mol. The van der Waals surface area contributed by atoms with E-state index < -0.39 is 6.04 Å². The molecule has 0 saturated heterocycles. The number of para-hydroxylation sites is 1. The number of methoxy groups -OCH3 is 3. The van der Waals surface area contributed by atoms with E-state index in [1.807, 2.05) is 79.1 Å². The van der Waals surface area contributed by atoms with Crippen LogP contribution in [0.3, 0.4) is 0 Å². The first-order valence-electron chi connectivity index (χ1n) is 15.5. The molecule has 49 heavy (non-hydrogen) atoms. The zero-order valence-corrected chi connectivity index (χ0v) is 28.6. The molecule has 3 heterocycles. The minimum absolute atomic E-state index is 0.0178. The normalized spacial score (nSPS) is 14.0. The minimum Gasteiger partial charge on any atom is -0.497 e. The van der Waals surface area contributed by atoms with Crippen LogP contribution in [-0.4, -0.2) is 64.4 Å². The Balaban J connectivity index is 1.30. The number of carbonyl (C=O) groups is 2. The zero-order chi connectivity index (χ0) is 34.5. The summed E-state index contributed by atoms with van der Waals surface area (Å²) in [5.74, 6) is 1.95. The van der Waals surface area contributed by atoms with Gasteiger partial charge < -0.3 is 23.9 Å². The molecule has 2 aromatic heterocycles. The molecule has 0 bridgehead atoms. The summed E-state index contributed by atoms with van der Waals surface area (Å²) in [6.07, 6.45) is 1.91. The van der Waals surface area contributed by atoms with Crippen molar-refractivity contribution < 1.29 is 28.2 Å². The van der Waals surface area contributed by atoms with Crippen molar-refractivity contribution in [3.05, 3.63) is 113 Å². The van der Waals surface area contributed by atoms with Gasteiger partial charge in [0.25, 0.3) is 11.8 Å². The monoisotopic (exact) mass is 680 g/mol. The molecular formula is C36H36N6O6S. The largest absolute Gasteiger partial charge is 0.497 e. The molecule has 252 valence electrons. The molecule has 0 fully saturated rings. The molecule has 5 aromatic rings.